The van der Waals surface area contributed by atoms with E-state index in [1.165, 1.54) is 47.9 Å². The summed E-state index contributed by atoms with van der Waals surface area (Å²) in [5, 5.41) is 0. The van der Waals surface area contributed by atoms with Gasteiger partial charge in [-0.25, -0.2) is 0 Å². The number of esters is 1. The largest absolute Gasteiger partial charge is 0.426 e. The molecule has 1 aliphatic heterocycles. The number of benzene rings is 2. The van der Waals surface area contributed by atoms with Crippen molar-refractivity contribution in [3.05, 3.63) is 64.7 Å². The van der Waals surface area contributed by atoms with Gasteiger partial charge in [-0.3, -0.25) is 4.79 Å². The van der Waals surface area contributed by atoms with Gasteiger partial charge in [-0.2, -0.15) is 0 Å². The molecule has 2 unspecified atom stereocenters. The molecule has 0 bridgehead atoms. The molecule has 1 aliphatic carbocycles. The second-order valence-corrected chi connectivity index (χ2v) is 9.31. The maximum Gasteiger partial charge on any atom is 0.314 e. The predicted molar refractivity (Wildman–Crippen MR) is 118 cm³/mol. The van der Waals surface area contributed by atoms with Crippen LogP contribution in [0.25, 0.3) is 0 Å². The SMILES string of the molecule is CCCc1ccc2c(c1)OC(=O)C(C(C)C1CCC(c3ccc(C)cc3)CC1)C2. The molecule has 0 amide bonds. The van der Waals surface area contributed by atoms with Crippen LogP contribution in [0.3, 0.4) is 0 Å². The Morgan fingerprint density at radius 1 is 1.03 bits per heavy atom. The number of hydrogen-bond acceptors (Lipinski definition) is 2. The van der Waals surface area contributed by atoms with Crippen molar-refractivity contribution in [1.82, 2.24) is 0 Å². The normalized spacial score (nSPS) is 25.2. The molecule has 0 radical (unpaired) electrons. The summed E-state index contributed by atoms with van der Waals surface area (Å²) in [5.74, 6) is 2.46. The Morgan fingerprint density at radius 3 is 2.45 bits per heavy atom. The van der Waals surface area contributed by atoms with E-state index in [1.807, 2.05) is 0 Å². The lowest BCUT2D eigenvalue weighted by atomic mass is 9.69. The molecular weight excluding hydrogens is 356 g/mol. The fraction of sp³-hybridized carbons (Fsp3) is 0.519. The first-order chi connectivity index (χ1) is 14.0. The van der Waals surface area contributed by atoms with E-state index in [1.54, 1.807) is 0 Å². The molecule has 2 heteroatoms. The second-order valence-electron chi connectivity index (χ2n) is 9.31. The first kappa shape index (κ1) is 20.2. The fourth-order valence-electron chi connectivity index (χ4n) is 5.36. The van der Waals surface area contributed by atoms with Crippen LogP contribution in [0.4, 0.5) is 0 Å². The Bertz CT molecular complexity index is 843. The van der Waals surface area contributed by atoms with Gasteiger partial charge in [-0.1, -0.05) is 62.2 Å². The number of rotatable bonds is 5. The van der Waals surface area contributed by atoms with Crippen molar-refractivity contribution in [3.63, 3.8) is 0 Å². The van der Waals surface area contributed by atoms with E-state index in [9.17, 15) is 4.79 Å². The van der Waals surface area contributed by atoms with Crippen molar-refractivity contribution in [2.45, 2.75) is 71.6 Å². The molecule has 0 saturated heterocycles. The van der Waals surface area contributed by atoms with Crippen molar-refractivity contribution >= 4 is 5.97 Å². The molecule has 2 aromatic rings. The van der Waals surface area contributed by atoms with Crippen LogP contribution in [0.1, 0.15) is 74.1 Å². The van der Waals surface area contributed by atoms with Gasteiger partial charge in [0.05, 0.1) is 5.92 Å². The van der Waals surface area contributed by atoms with Crippen molar-refractivity contribution < 1.29 is 9.53 Å². The second kappa shape index (κ2) is 8.73. The molecule has 0 N–H and O–H groups in total. The van der Waals surface area contributed by atoms with Crippen LogP contribution >= 0.6 is 0 Å². The smallest absolute Gasteiger partial charge is 0.314 e. The van der Waals surface area contributed by atoms with Gasteiger partial charge in [-0.05, 0) is 86.0 Å². The van der Waals surface area contributed by atoms with Gasteiger partial charge in [0.1, 0.15) is 5.75 Å². The van der Waals surface area contributed by atoms with Crippen LogP contribution in [0.15, 0.2) is 42.5 Å². The Hall–Kier alpha value is -2.09. The molecule has 2 aliphatic rings. The number of fused-ring (bicyclic) bond motifs is 1. The number of hydrogen-bond donors (Lipinski definition) is 0. The minimum atomic E-state index is -0.0145. The van der Waals surface area contributed by atoms with Gasteiger partial charge in [-0.15, -0.1) is 0 Å². The maximum atomic E-state index is 12.8. The highest BCUT2D eigenvalue weighted by molar-refractivity contribution is 5.78. The fourth-order valence-corrected chi connectivity index (χ4v) is 5.36. The van der Waals surface area contributed by atoms with Crippen LogP contribution in [0, 0.1) is 24.7 Å². The van der Waals surface area contributed by atoms with Gasteiger partial charge >= 0.3 is 5.97 Å². The molecule has 2 nitrogen and oxygen atoms in total. The first-order valence-corrected chi connectivity index (χ1v) is 11.4. The molecule has 1 saturated carbocycles. The third-order valence-electron chi connectivity index (χ3n) is 7.32. The van der Waals surface area contributed by atoms with Crippen molar-refractivity contribution in [3.8, 4) is 5.75 Å². The van der Waals surface area contributed by atoms with Gasteiger partial charge < -0.3 is 4.74 Å². The minimum Gasteiger partial charge on any atom is -0.426 e. The quantitative estimate of drug-likeness (QED) is 0.423. The molecule has 29 heavy (non-hydrogen) atoms. The standard InChI is InChI=1S/C27H34O2/c1-4-5-20-8-11-24-17-25(27(28)29-26(24)16-20)19(3)21-12-14-23(15-13-21)22-9-6-18(2)7-10-22/h6-11,16,19,21,23,25H,4-5,12-15,17H2,1-3H3. The molecule has 2 aromatic carbocycles. The minimum absolute atomic E-state index is 0.000417. The molecule has 154 valence electrons. The van der Waals surface area contributed by atoms with Gasteiger partial charge in [0, 0.05) is 0 Å². The number of aryl methyl sites for hydroxylation is 2. The lowest BCUT2D eigenvalue weighted by Crippen LogP contribution is -2.36. The molecular formula is C27H34O2. The Kier molecular flexibility index (Phi) is 6.08. The maximum absolute atomic E-state index is 12.8. The van der Waals surface area contributed by atoms with Crippen LogP contribution in [0.2, 0.25) is 0 Å². The molecule has 0 spiro atoms. The van der Waals surface area contributed by atoms with E-state index in [4.69, 9.17) is 4.74 Å². The average Bonchev–Trinajstić information content (AvgIpc) is 2.74. The molecule has 1 heterocycles. The third kappa shape index (κ3) is 4.42. The van der Waals surface area contributed by atoms with Crippen LogP contribution in [-0.4, -0.2) is 5.97 Å². The third-order valence-corrected chi connectivity index (χ3v) is 7.32. The van der Waals surface area contributed by atoms with Gasteiger partial charge in [0.15, 0.2) is 0 Å². The summed E-state index contributed by atoms with van der Waals surface area (Å²) >= 11 is 0. The number of ether oxygens (including phenoxy) is 1. The Balaban J connectivity index is 1.39. The highest BCUT2D eigenvalue weighted by Crippen LogP contribution is 2.43. The Morgan fingerprint density at radius 2 is 1.76 bits per heavy atom. The van der Waals surface area contributed by atoms with Gasteiger partial charge in [0.2, 0.25) is 0 Å². The number of carbonyl (C=O) groups excluding carboxylic acids is 1. The average molecular weight is 391 g/mol. The molecule has 1 fully saturated rings. The number of carbonyl (C=O) groups is 1. The van der Waals surface area contributed by atoms with Gasteiger partial charge in [0.25, 0.3) is 0 Å². The first-order valence-electron chi connectivity index (χ1n) is 11.4. The predicted octanol–water partition coefficient (Wildman–Crippen LogP) is 6.64. The lowest BCUT2D eigenvalue weighted by molar-refractivity contribution is -0.143. The summed E-state index contributed by atoms with van der Waals surface area (Å²) in [7, 11) is 0. The van der Waals surface area contributed by atoms with E-state index in [0.717, 1.165) is 25.0 Å². The van der Waals surface area contributed by atoms with Crippen LogP contribution in [0.5, 0.6) is 5.75 Å². The molecule has 4 rings (SSSR count). The van der Waals surface area contributed by atoms with Crippen molar-refractivity contribution in [2.24, 2.45) is 17.8 Å². The summed E-state index contributed by atoms with van der Waals surface area (Å²) in [4.78, 5) is 12.8. The monoisotopic (exact) mass is 390 g/mol. The highest BCUT2D eigenvalue weighted by Gasteiger charge is 2.37. The summed E-state index contributed by atoms with van der Waals surface area (Å²) in [5.41, 5.74) is 5.28. The summed E-state index contributed by atoms with van der Waals surface area (Å²) in [6.45, 7) is 6.60. The topological polar surface area (TPSA) is 26.3 Å². The zero-order valence-electron chi connectivity index (χ0n) is 18.1. The highest BCUT2D eigenvalue weighted by atomic mass is 16.5. The van der Waals surface area contributed by atoms with E-state index in [0.29, 0.717) is 17.8 Å². The zero-order chi connectivity index (χ0) is 20.4. The van der Waals surface area contributed by atoms with Crippen LogP contribution < -0.4 is 4.74 Å². The zero-order valence-corrected chi connectivity index (χ0v) is 18.1. The van der Waals surface area contributed by atoms with E-state index in [2.05, 4.69) is 63.2 Å². The summed E-state index contributed by atoms with van der Waals surface area (Å²) in [6, 6.07) is 15.5. The van der Waals surface area contributed by atoms with Crippen LogP contribution in [-0.2, 0) is 17.6 Å². The molecule has 2 atom stereocenters. The summed E-state index contributed by atoms with van der Waals surface area (Å²) < 4.78 is 5.81. The summed E-state index contributed by atoms with van der Waals surface area (Å²) in [6.07, 6.45) is 7.87. The lowest BCUT2D eigenvalue weighted by Gasteiger charge is -2.37. The van der Waals surface area contributed by atoms with Crippen molar-refractivity contribution in [2.75, 3.05) is 0 Å². The van der Waals surface area contributed by atoms with E-state index in [-0.39, 0.29) is 11.9 Å². The Labute approximate surface area is 175 Å². The van der Waals surface area contributed by atoms with E-state index >= 15 is 0 Å². The van der Waals surface area contributed by atoms with Crippen molar-refractivity contribution in [1.29, 1.82) is 0 Å². The van der Waals surface area contributed by atoms with E-state index < -0.39 is 0 Å². The molecule has 0 aromatic heterocycles.